The molecule has 0 radical (unpaired) electrons. The number of hydrogen-bond acceptors (Lipinski definition) is 5. The molecule has 2 amide bonds. The molecular formula is C19H24N6O3. The van der Waals surface area contributed by atoms with E-state index in [9.17, 15) is 14.4 Å². The Bertz CT molecular complexity index is 993. The van der Waals surface area contributed by atoms with Gasteiger partial charge in [0.2, 0.25) is 5.91 Å². The topological polar surface area (TPSA) is 105 Å². The van der Waals surface area contributed by atoms with Crippen LogP contribution in [0.5, 0.6) is 0 Å². The number of nitrogens with one attached hydrogen (secondary N) is 2. The Balaban J connectivity index is 1.24. The molecule has 3 saturated heterocycles. The number of carbonyl (C=O) groups is 2. The third kappa shape index (κ3) is 2.99. The van der Waals surface area contributed by atoms with Crippen molar-refractivity contribution in [2.75, 3.05) is 45.8 Å². The summed E-state index contributed by atoms with van der Waals surface area (Å²) in [6, 6.07) is 1.68. The Hall–Kier alpha value is -2.68. The van der Waals surface area contributed by atoms with E-state index in [1.165, 1.54) is 6.20 Å². The monoisotopic (exact) mass is 384 g/mol. The fourth-order valence-corrected chi connectivity index (χ4v) is 4.68. The van der Waals surface area contributed by atoms with Gasteiger partial charge in [-0.2, -0.15) is 0 Å². The van der Waals surface area contributed by atoms with E-state index in [-0.39, 0.29) is 22.9 Å². The summed E-state index contributed by atoms with van der Waals surface area (Å²) in [6.45, 7) is 5.50. The number of likely N-dealkylation sites (tertiary alicyclic amines) is 3. The zero-order valence-corrected chi connectivity index (χ0v) is 15.7. The van der Waals surface area contributed by atoms with Crippen LogP contribution in [0.3, 0.4) is 0 Å². The van der Waals surface area contributed by atoms with Gasteiger partial charge < -0.3 is 14.8 Å². The number of imidazole rings is 1. The molecule has 28 heavy (non-hydrogen) atoms. The van der Waals surface area contributed by atoms with Crippen LogP contribution in [0, 0.1) is 5.41 Å². The maximum absolute atomic E-state index is 12.9. The lowest BCUT2D eigenvalue weighted by Crippen LogP contribution is -2.47. The molecular weight excluding hydrogens is 360 g/mol. The van der Waals surface area contributed by atoms with Crippen molar-refractivity contribution < 1.29 is 9.59 Å². The average molecular weight is 384 g/mol. The lowest BCUT2D eigenvalue weighted by Gasteiger charge is -2.32. The summed E-state index contributed by atoms with van der Waals surface area (Å²) in [5.74, 6) is 0.178. The number of rotatable bonds is 3. The van der Waals surface area contributed by atoms with Crippen molar-refractivity contribution in [2.24, 2.45) is 5.41 Å². The van der Waals surface area contributed by atoms with Crippen LogP contribution in [0.4, 0.5) is 0 Å². The van der Waals surface area contributed by atoms with Crippen LogP contribution >= 0.6 is 0 Å². The summed E-state index contributed by atoms with van der Waals surface area (Å²) >= 11 is 0. The van der Waals surface area contributed by atoms with Crippen molar-refractivity contribution in [1.82, 2.24) is 29.7 Å². The first-order chi connectivity index (χ1) is 13.5. The number of hydrogen-bond donors (Lipinski definition) is 2. The standard InChI is InChI=1S/C19H24N6O3/c26-15(24-4-1-5-24)10-23-6-2-19(11-23)3-7-25(12-19)17(27)13-8-14-16(20-9-13)22-18(28)21-14/h8-9H,1-7,10-12H2,(H2,20,21,22,28). The largest absolute Gasteiger partial charge is 0.341 e. The minimum atomic E-state index is -0.328. The highest BCUT2D eigenvalue weighted by Crippen LogP contribution is 2.40. The molecule has 9 heteroatoms. The Morgan fingerprint density at radius 3 is 2.68 bits per heavy atom. The van der Waals surface area contributed by atoms with Crippen LogP contribution in [0.25, 0.3) is 11.2 Å². The second kappa shape index (κ2) is 6.44. The van der Waals surface area contributed by atoms with Gasteiger partial charge in [0.15, 0.2) is 5.65 Å². The molecule has 9 nitrogen and oxygen atoms in total. The molecule has 0 saturated carbocycles. The average Bonchev–Trinajstić information content (AvgIpc) is 3.30. The zero-order valence-electron chi connectivity index (χ0n) is 15.7. The first-order valence-electron chi connectivity index (χ1n) is 9.89. The van der Waals surface area contributed by atoms with Gasteiger partial charge in [-0.05, 0) is 31.9 Å². The summed E-state index contributed by atoms with van der Waals surface area (Å²) in [4.78, 5) is 52.0. The minimum absolute atomic E-state index is 0.0524. The zero-order chi connectivity index (χ0) is 19.3. The molecule has 148 valence electrons. The SMILES string of the molecule is O=C(CN1CCC2(CCN(C(=O)c3cnc4[nH]c(=O)[nH]c4c3)C2)C1)N1CCC1. The fourth-order valence-electron chi connectivity index (χ4n) is 4.68. The van der Waals surface area contributed by atoms with E-state index in [1.54, 1.807) is 6.07 Å². The number of H-pyrrole nitrogens is 2. The number of amides is 2. The van der Waals surface area contributed by atoms with Crippen LogP contribution in [0.1, 0.15) is 29.6 Å². The van der Waals surface area contributed by atoms with Crippen LogP contribution in [0.15, 0.2) is 17.1 Å². The molecule has 2 aromatic heterocycles. The van der Waals surface area contributed by atoms with E-state index in [1.807, 2.05) is 9.80 Å². The van der Waals surface area contributed by atoms with Crippen LogP contribution in [0.2, 0.25) is 0 Å². The van der Waals surface area contributed by atoms with E-state index in [2.05, 4.69) is 19.9 Å². The summed E-state index contributed by atoms with van der Waals surface area (Å²) in [7, 11) is 0. The van der Waals surface area contributed by atoms with Crippen molar-refractivity contribution in [2.45, 2.75) is 19.3 Å². The highest BCUT2D eigenvalue weighted by Gasteiger charge is 2.45. The number of fused-ring (bicyclic) bond motifs is 1. The maximum Gasteiger partial charge on any atom is 0.325 e. The van der Waals surface area contributed by atoms with Crippen molar-refractivity contribution in [1.29, 1.82) is 0 Å². The summed E-state index contributed by atoms with van der Waals surface area (Å²) in [6.07, 6.45) is 4.62. The lowest BCUT2D eigenvalue weighted by atomic mass is 9.86. The first-order valence-corrected chi connectivity index (χ1v) is 9.89. The first kappa shape index (κ1) is 17.4. The highest BCUT2D eigenvalue weighted by molar-refractivity contribution is 5.96. The van der Waals surface area contributed by atoms with Gasteiger partial charge in [-0.25, -0.2) is 9.78 Å². The molecule has 2 N–H and O–H groups in total. The second-order valence-electron chi connectivity index (χ2n) is 8.37. The molecule has 0 aliphatic carbocycles. The number of aromatic amines is 2. The Morgan fingerprint density at radius 1 is 1.07 bits per heavy atom. The van der Waals surface area contributed by atoms with E-state index in [0.29, 0.717) is 36.4 Å². The molecule has 5 heterocycles. The molecule has 1 unspecified atom stereocenters. The summed E-state index contributed by atoms with van der Waals surface area (Å²) < 4.78 is 0. The summed E-state index contributed by atoms with van der Waals surface area (Å²) in [5.41, 5.74) is 1.25. The molecule has 0 aromatic carbocycles. The van der Waals surface area contributed by atoms with Gasteiger partial charge in [0, 0.05) is 44.3 Å². The predicted octanol–water partition coefficient (Wildman–Crippen LogP) is 0.0215. The van der Waals surface area contributed by atoms with Gasteiger partial charge in [0.1, 0.15) is 0 Å². The number of carbonyl (C=O) groups excluding carboxylic acids is 2. The van der Waals surface area contributed by atoms with Crippen LogP contribution in [-0.4, -0.2) is 87.3 Å². The van der Waals surface area contributed by atoms with E-state index in [4.69, 9.17) is 0 Å². The molecule has 3 aliphatic heterocycles. The Kier molecular flexibility index (Phi) is 4.01. The van der Waals surface area contributed by atoms with Crippen molar-refractivity contribution in [3.8, 4) is 0 Å². The lowest BCUT2D eigenvalue weighted by molar-refractivity contribution is -0.135. The Labute approximate surface area is 161 Å². The third-order valence-corrected chi connectivity index (χ3v) is 6.43. The van der Waals surface area contributed by atoms with Gasteiger partial charge in [0.25, 0.3) is 5.91 Å². The van der Waals surface area contributed by atoms with Crippen molar-refractivity contribution >= 4 is 23.0 Å². The van der Waals surface area contributed by atoms with Crippen LogP contribution < -0.4 is 5.69 Å². The van der Waals surface area contributed by atoms with Gasteiger partial charge in [-0.3, -0.25) is 19.5 Å². The fraction of sp³-hybridized carbons (Fsp3) is 0.579. The van der Waals surface area contributed by atoms with Crippen LogP contribution in [-0.2, 0) is 4.79 Å². The number of nitrogens with zero attached hydrogens (tertiary/aromatic N) is 4. The van der Waals surface area contributed by atoms with Gasteiger partial charge >= 0.3 is 5.69 Å². The molecule has 1 atom stereocenters. The normalized spacial score (nSPS) is 25.0. The minimum Gasteiger partial charge on any atom is -0.341 e. The number of pyridine rings is 1. The molecule has 5 rings (SSSR count). The van der Waals surface area contributed by atoms with Crippen molar-refractivity contribution in [3.05, 3.63) is 28.3 Å². The predicted molar refractivity (Wildman–Crippen MR) is 102 cm³/mol. The maximum atomic E-state index is 12.9. The van der Waals surface area contributed by atoms with E-state index >= 15 is 0 Å². The molecule has 3 aliphatic rings. The number of aromatic nitrogens is 3. The smallest absolute Gasteiger partial charge is 0.325 e. The van der Waals surface area contributed by atoms with Gasteiger partial charge in [-0.15, -0.1) is 0 Å². The van der Waals surface area contributed by atoms with Crippen molar-refractivity contribution in [3.63, 3.8) is 0 Å². The Morgan fingerprint density at radius 2 is 1.89 bits per heavy atom. The van der Waals surface area contributed by atoms with E-state index < -0.39 is 0 Å². The molecule has 3 fully saturated rings. The molecule has 0 bridgehead atoms. The quantitative estimate of drug-likeness (QED) is 0.776. The second-order valence-corrected chi connectivity index (χ2v) is 8.37. The van der Waals surface area contributed by atoms with Gasteiger partial charge in [-0.1, -0.05) is 0 Å². The molecule has 2 aromatic rings. The third-order valence-electron chi connectivity index (χ3n) is 6.43. The molecule has 1 spiro atoms. The highest BCUT2D eigenvalue weighted by atomic mass is 16.2. The summed E-state index contributed by atoms with van der Waals surface area (Å²) in [5, 5.41) is 0. The van der Waals surface area contributed by atoms with Gasteiger partial charge in [0.05, 0.1) is 17.6 Å². The van der Waals surface area contributed by atoms with E-state index in [0.717, 1.165) is 45.4 Å².